The van der Waals surface area contributed by atoms with Crippen molar-refractivity contribution in [2.24, 2.45) is 40.4 Å². The molecule has 1 unspecified atom stereocenters. The van der Waals surface area contributed by atoms with E-state index in [4.69, 9.17) is 9.47 Å². The minimum absolute atomic E-state index is 0.200. The third kappa shape index (κ3) is 3.63. The maximum Gasteiger partial charge on any atom is 0.333 e. The van der Waals surface area contributed by atoms with Crippen molar-refractivity contribution in [1.82, 2.24) is 0 Å². The van der Waals surface area contributed by atoms with Gasteiger partial charge in [-0.1, -0.05) is 46.8 Å². The monoisotopic (exact) mass is 562 g/mol. The van der Waals surface area contributed by atoms with E-state index in [1.807, 2.05) is 20.8 Å². The van der Waals surface area contributed by atoms with Crippen molar-refractivity contribution < 1.29 is 44.3 Å². The molecule has 0 aliphatic heterocycles. The van der Waals surface area contributed by atoms with Crippen LogP contribution in [0.15, 0.2) is 23.3 Å². The van der Waals surface area contributed by atoms with Gasteiger partial charge < -0.3 is 29.9 Å². The van der Waals surface area contributed by atoms with Crippen LogP contribution in [-0.4, -0.2) is 73.8 Å². The van der Waals surface area contributed by atoms with Crippen LogP contribution in [0.1, 0.15) is 75.2 Å². The molecular weight excluding hydrogens is 516 g/mol. The molecule has 0 saturated heterocycles. The predicted molar refractivity (Wildman–Crippen MR) is 145 cm³/mol. The van der Waals surface area contributed by atoms with E-state index in [2.05, 4.69) is 0 Å². The van der Waals surface area contributed by atoms with E-state index in [1.165, 1.54) is 13.0 Å². The number of fused-ring (bicyclic) bond motifs is 5. The Labute approximate surface area is 236 Å². The van der Waals surface area contributed by atoms with E-state index in [-0.39, 0.29) is 12.0 Å². The maximum atomic E-state index is 13.5. The Morgan fingerprint density at radius 3 is 2.35 bits per heavy atom. The lowest BCUT2D eigenvalue weighted by atomic mass is 9.46. The summed E-state index contributed by atoms with van der Waals surface area (Å²) in [7, 11) is 0. The van der Waals surface area contributed by atoms with Gasteiger partial charge in [-0.05, 0) is 52.0 Å². The van der Waals surface area contributed by atoms with E-state index in [0.717, 1.165) is 0 Å². The summed E-state index contributed by atoms with van der Waals surface area (Å²) in [4.78, 5) is 40.0. The topological polar surface area (TPSA) is 151 Å². The van der Waals surface area contributed by atoms with Crippen molar-refractivity contribution in [1.29, 1.82) is 0 Å². The minimum Gasteiger partial charge on any atom is -0.455 e. The van der Waals surface area contributed by atoms with Crippen molar-refractivity contribution >= 4 is 17.7 Å². The molecule has 4 aliphatic rings. The molecule has 3 saturated carbocycles. The Morgan fingerprint density at radius 1 is 1.23 bits per heavy atom. The third-order valence-corrected chi connectivity index (χ3v) is 11.5. The van der Waals surface area contributed by atoms with E-state index in [9.17, 15) is 34.8 Å². The number of rotatable bonds is 6. The van der Waals surface area contributed by atoms with Gasteiger partial charge in [-0.2, -0.15) is 0 Å². The van der Waals surface area contributed by atoms with Crippen molar-refractivity contribution in [3.63, 3.8) is 0 Å². The Hall–Kier alpha value is -2.07. The van der Waals surface area contributed by atoms with Crippen molar-refractivity contribution in [3.05, 3.63) is 23.3 Å². The van der Waals surface area contributed by atoms with E-state index >= 15 is 0 Å². The van der Waals surface area contributed by atoms with Crippen LogP contribution in [0.3, 0.4) is 0 Å². The Kier molecular flexibility index (Phi) is 7.32. The number of carbonyl (C=O) groups is 3. The van der Waals surface area contributed by atoms with Gasteiger partial charge >= 0.3 is 11.9 Å². The number of carbonyl (C=O) groups excluding carboxylic acids is 3. The average Bonchev–Trinajstić information content (AvgIpc) is 3.59. The number of ketones is 1. The fourth-order valence-electron chi connectivity index (χ4n) is 8.28. The number of aliphatic hydroxyl groups excluding tert-OH is 2. The molecule has 0 aromatic heterocycles. The van der Waals surface area contributed by atoms with E-state index in [1.54, 1.807) is 40.7 Å². The molecule has 0 spiro atoms. The van der Waals surface area contributed by atoms with Crippen LogP contribution in [0, 0.1) is 40.4 Å². The molecule has 4 aliphatic carbocycles. The summed E-state index contributed by atoms with van der Waals surface area (Å²) in [6.45, 7) is 15.0. The third-order valence-electron chi connectivity index (χ3n) is 11.5. The number of hydrogen-bond acceptors (Lipinski definition) is 9. The van der Waals surface area contributed by atoms with Gasteiger partial charge in [0, 0.05) is 34.2 Å². The second-order valence-corrected chi connectivity index (χ2v) is 13.6. The Bertz CT molecular complexity index is 1170. The molecule has 40 heavy (non-hydrogen) atoms. The zero-order chi connectivity index (χ0) is 30.4. The van der Waals surface area contributed by atoms with Crippen LogP contribution in [-0.2, 0) is 23.9 Å². The fraction of sp³-hybridized carbons (Fsp3) is 0.774. The smallest absolute Gasteiger partial charge is 0.333 e. The summed E-state index contributed by atoms with van der Waals surface area (Å²) < 4.78 is 12.4. The second-order valence-electron chi connectivity index (χ2n) is 13.6. The summed E-state index contributed by atoms with van der Waals surface area (Å²) in [6, 6.07) is 0. The van der Waals surface area contributed by atoms with Gasteiger partial charge in [-0.15, -0.1) is 0 Å². The van der Waals surface area contributed by atoms with Crippen molar-refractivity contribution in [2.75, 3.05) is 6.61 Å². The lowest BCUT2D eigenvalue weighted by Gasteiger charge is -2.65. The molecule has 11 atom stereocenters. The van der Waals surface area contributed by atoms with Crippen molar-refractivity contribution in [3.8, 4) is 0 Å². The molecule has 9 nitrogen and oxygen atoms in total. The number of ether oxygens (including phenoxy) is 2. The standard InChI is InChI=1S/C31H46O9/c1-10-15(3)24(34)39-23-18(6)30(37)20-12-17(5)22(33)31(20,38)26(36)29(14-32)13-19(29)21(30)27(7,8)28(23,9)40-25(35)16(4)11-2/h10,12,16,18-21,23,26,32,36-38H,11,13-14H2,1-9H3/b15-10+/t16?,18-,19+,20+,21+,23-,26-,28-,29-,30+,31-/m1/s1. The molecule has 0 bridgehead atoms. The van der Waals surface area contributed by atoms with Crippen LogP contribution in [0.4, 0.5) is 0 Å². The summed E-state index contributed by atoms with van der Waals surface area (Å²) in [5.74, 6) is -5.73. The van der Waals surface area contributed by atoms with Crippen LogP contribution in [0.5, 0.6) is 0 Å². The normalized spacial score (nSPS) is 46.3. The Balaban J connectivity index is 2.00. The summed E-state index contributed by atoms with van der Waals surface area (Å²) in [6.07, 6.45) is 1.08. The summed E-state index contributed by atoms with van der Waals surface area (Å²) >= 11 is 0. The molecule has 0 aromatic rings. The molecule has 4 N–H and O–H groups in total. The highest BCUT2D eigenvalue weighted by Gasteiger charge is 2.84. The quantitative estimate of drug-likeness (QED) is 0.283. The molecule has 0 radical (unpaired) electrons. The molecule has 0 aromatic carbocycles. The molecule has 9 heteroatoms. The van der Waals surface area contributed by atoms with Crippen LogP contribution in [0.25, 0.3) is 0 Å². The zero-order valence-corrected chi connectivity index (χ0v) is 25.1. The fourth-order valence-corrected chi connectivity index (χ4v) is 8.28. The minimum atomic E-state index is -2.38. The number of esters is 2. The average molecular weight is 563 g/mol. The highest BCUT2D eigenvalue weighted by atomic mass is 16.6. The maximum absolute atomic E-state index is 13.5. The summed E-state index contributed by atoms with van der Waals surface area (Å²) in [5, 5.41) is 47.2. The largest absolute Gasteiger partial charge is 0.455 e. The van der Waals surface area contributed by atoms with Crippen molar-refractivity contribution in [2.45, 2.75) is 104 Å². The number of Topliss-reactive ketones (excluding diaryl/α,β-unsaturated/α-hetero) is 1. The lowest BCUT2D eigenvalue weighted by Crippen LogP contribution is -2.76. The molecule has 3 fully saturated rings. The number of hydrogen-bond donors (Lipinski definition) is 4. The first-order chi connectivity index (χ1) is 18.4. The molecule has 0 heterocycles. The van der Waals surface area contributed by atoms with Crippen LogP contribution >= 0.6 is 0 Å². The van der Waals surface area contributed by atoms with Gasteiger partial charge in [0.25, 0.3) is 0 Å². The zero-order valence-electron chi connectivity index (χ0n) is 25.1. The summed E-state index contributed by atoms with van der Waals surface area (Å²) in [5.41, 5.74) is -7.55. The number of aliphatic hydroxyl groups is 4. The van der Waals surface area contributed by atoms with Gasteiger partial charge in [0.15, 0.2) is 17.0 Å². The molecular formula is C31H46O9. The number of allylic oxidation sites excluding steroid dienone is 1. The van der Waals surface area contributed by atoms with E-state index < -0.39 is 93.8 Å². The molecule has 0 amide bonds. The van der Waals surface area contributed by atoms with Crippen LogP contribution < -0.4 is 0 Å². The Morgan fingerprint density at radius 2 is 1.82 bits per heavy atom. The van der Waals surface area contributed by atoms with Gasteiger partial charge in [0.1, 0.15) is 6.10 Å². The lowest BCUT2D eigenvalue weighted by molar-refractivity contribution is -0.302. The first kappa shape index (κ1) is 30.9. The molecule has 4 rings (SSSR count). The first-order valence-electron chi connectivity index (χ1n) is 14.4. The first-order valence-corrected chi connectivity index (χ1v) is 14.4. The SMILES string of the molecule is C/C=C(\C)C(=O)O[C@@H]1[C@@H](C)[C@]2(O)[C@@H]3C=C(C)C(=O)[C@@]3(O)[C@H](O)[C@@]3(CO)C[C@H]3[C@H]2C(C)(C)[C@]1(C)OC(=O)C(C)CC. The van der Waals surface area contributed by atoms with Gasteiger partial charge in [-0.25, -0.2) is 4.79 Å². The predicted octanol–water partition coefficient (Wildman–Crippen LogP) is 2.49. The molecule has 224 valence electrons. The van der Waals surface area contributed by atoms with Gasteiger partial charge in [-0.3, -0.25) is 9.59 Å². The van der Waals surface area contributed by atoms with Crippen LogP contribution in [0.2, 0.25) is 0 Å². The van der Waals surface area contributed by atoms with Gasteiger partial charge in [0.2, 0.25) is 0 Å². The van der Waals surface area contributed by atoms with Gasteiger partial charge in [0.05, 0.1) is 24.2 Å². The highest BCUT2D eigenvalue weighted by Crippen LogP contribution is 2.75. The highest BCUT2D eigenvalue weighted by molar-refractivity contribution is 6.05. The van der Waals surface area contributed by atoms with E-state index in [0.29, 0.717) is 12.0 Å². The second kappa shape index (κ2) is 9.48.